The minimum atomic E-state index is -0.457. The second-order valence-corrected chi connectivity index (χ2v) is 7.61. The number of nitrogens with one attached hydrogen (secondary N) is 1. The molecule has 0 fully saturated rings. The van der Waals surface area contributed by atoms with Crippen LogP contribution in [0.4, 0.5) is 0 Å². The Hall–Kier alpha value is -3.69. The molecule has 1 amide bonds. The summed E-state index contributed by atoms with van der Waals surface area (Å²) in [6, 6.07) is 16.8. The van der Waals surface area contributed by atoms with Gasteiger partial charge in [0.2, 0.25) is 0 Å². The molecule has 0 saturated heterocycles. The Labute approximate surface area is 192 Å². The molecular weight excluding hydrogens is 426 g/mol. The summed E-state index contributed by atoms with van der Waals surface area (Å²) in [5.41, 5.74) is 4.46. The number of aromatic nitrogens is 1. The number of amides is 1. The molecule has 0 unspecified atom stereocenters. The van der Waals surface area contributed by atoms with Gasteiger partial charge in [-0.15, -0.1) is 0 Å². The van der Waals surface area contributed by atoms with Gasteiger partial charge in [-0.1, -0.05) is 11.6 Å². The van der Waals surface area contributed by atoms with Gasteiger partial charge in [-0.3, -0.25) is 4.79 Å². The Morgan fingerprint density at radius 1 is 1.12 bits per heavy atom. The van der Waals surface area contributed by atoms with Crippen molar-refractivity contribution < 1.29 is 14.3 Å². The molecule has 32 heavy (non-hydrogen) atoms. The highest BCUT2D eigenvalue weighted by atomic mass is 35.5. The number of carbonyl (C=O) groups is 1. The van der Waals surface area contributed by atoms with E-state index in [2.05, 4.69) is 9.88 Å². The standard InChI is InChI=1S/C25H24ClN3O3/c1-16-11-19(17(2)29(16)22-8-6-21(26)7-9-22)12-20(14-27)25(30)28-15-18-5-10-23(31-3)13-24(18)32-4/h5-13H,15H2,1-4H3,(H,28,30)/b20-12+. The van der Waals surface area contributed by atoms with Crippen molar-refractivity contribution in [3.63, 3.8) is 0 Å². The highest BCUT2D eigenvalue weighted by Gasteiger charge is 2.15. The Balaban J connectivity index is 1.82. The molecule has 0 atom stereocenters. The van der Waals surface area contributed by atoms with Gasteiger partial charge in [-0.2, -0.15) is 5.26 Å². The predicted molar refractivity (Wildman–Crippen MR) is 125 cm³/mol. The van der Waals surface area contributed by atoms with Crippen LogP contribution < -0.4 is 14.8 Å². The fourth-order valence-corrected chi connectivity index (χ4v) is 3.62. The van der Waals surface area contributed by atoms with Crippen molar-refractivity contribution in [2.24, 2.45) is 0 Å². The number of carbonyl (C=O) groups excluding carboxylic acids is 1. The van der Waals surface area contributed by atoms with Gasteiger partial charge in [-0.25, -0.2) is 0 Å². The van der Waals surface area contributed by atoms with E-state index in [1.807, 2.05) is 56.3 Å². The SMILES string of the molecule is COc1ccc(CNC(=O)/C(C#N)=C/c2cc(C)n(-c3ccc(Cl)cc3)c2C)c(OC)c1. The zero-order chi connectivity index (χ0) is 23.3. The number of nitrogens with zero attached hydrogens (tertiary/aromatic N) is 2. The fourth-order valence-electron chi connectivity index (χ4n) is 3.49. The monoisotopic (exact) mass is 449 g/mol. The molecule has 0 saturated carbocycles. The van der Waals surface area contributed by atoms with Crippen LogP contribution in [0.1, 0.15) is 22.5 Å². The van der Waals surface area contributed by atoms with Crippen molar-refractivity contribution in [2.45, 2.75) is 20.4 Å². The molecule has 0 aliphatic heterocycles. The van der Waals surface area contributed by atoms with Gasteiger partial charge >= 0.3 is 0 Å². The minimum Gasteiger partial charge on any atom is -0.497 e. The Morgan fingerprint density at radius 3 is 2.47 bits per heavy atom. The third kappa shape index (κ3) is 4.96. The first-order valence-corrected chi connectivity index (χ1v) is 10.3. The van der Waals surface area contributed by atoms with Gasteiger partial charge < -0.3 is 19.4 Å². The number of aryl methyl sites for hydroxylation is 1. The summed E-state index contributed by atoms with van der Waals surface area (Å²) in [5.74, 6) is 0.797. The molecule has 3 rings (SSSR count). The first-order valence-electron chi connectivity index (χ1n) is 9.93. The Morgan fingerprint density at radius 2 is 1.84 bits per heavy atom. The summed E-state index contributed by atoms with van der Waals surface area (Å²) in [7, 11) is 3.13. The van der Waals surface area contributed by atoms with Crippen LogP contribution in [-0.4, -0.2) is 24.7 Å². The van der Waals surface area contributed by atoms with Gasteiger partial charge in [0.1, 0.15) is 23.1 Å². The van der Waals surface area contributed by atoms with Crippen molar-refractivity contribution in [1.82, 2.24) is 9.88 Å². The summed E-state index contributed by atoms with van der Waals surface area (Å²) in [5, 5.41) is 13.0. The first-order chi connectivity index (χ1) is 15.4. The van der Waals surface area contributed by atoms with E-state index in [0.717, 1.165) is 28.2 Å². The number of nitriles is 1. The van der Waals surface area contributed by atoms with E-state index in [1.165, 1.54) is 0 Å². The maximum Gasteiger partial charge on any atom is 0.262 e. The highest BCUT2D eigenvalue weighted by molar-refractivity contribution is 6.30. The molecule has 2 aromatic carbocycles. The average molecular weight is 450 g/mol. The van der Waals surface area contributed by atoms with Gasteiger partial charge in [0.25, 0.3) is 5.91 Å². The molecule has 3 aromatic rings. The first kappa shape index (κ1) is 23.0. The second-order valence-electron chi connectivity index (χ2n) is 7.17. The van der Waals surface area contributed by atoms with E-state index in [0.29, 0.717) is 16.5 Å². The largest absolute Gasteiger partial charge is 0.497 e. The quantitative estimate of drug-likeness (QED) is 0.407. The maximum atomic E-state index is 12.7. The molecule has 1 heterocycles. The topological polar surface area (TPSA) is 76.3 Å². The smallest absolute Gasteiger partial charge is 0.262 e. The Bertz CT molecular complexity index is 1200. The molecule has 6 nitrogen and oxygen atoms in total. The van der Waals surface area contributed by atoms with Gasteiger partial charge in [0, 0.05) is 40.3 Å². The summed E-state index contributed by atoms with van der Waals surface area (Å²) in [6.07, 6.45) is 1.61. The van der Waals surface area contributed by atoms with Crippen LogP contribution >= 0.6 is 11.6 Å². The van der Waals surface area contributed by atoms with Crippen molar-refractivity contribution >= 4 is 23.6 Å². The molecule has 164 valence electrons. The van der Waals surface area contributed by atoms with Crippen molar-refractivity contribution in [2.75, 3.05) is 14.2 Å². The van der Waals surface area contributed by atoms with E-state index in [1.54, 1.807) is 32.4 Å². The van der Waals surface area contributed by atoms with Crippen LogP contribution in [0, 0.1) is 25.2 Å². The molecule has 0 bridgehead atoms. The van der Waals surface area contributed by atoms with E-state index in [9.17, 15) is 10.1 Å². The molecule has 7 heteroatoms. The molecule has 0 aliphatic rings. The summed E-state index contributed by atoms with van der Waals surface area (Å²) >= 11 is 6.00. The number of benzene rings is 2. The predicted octanol–water partition coefficient (Wildman–Crippen LogP) is 4.99. The summed E-state index contributed by atoms with van der Waals surface area (Å²) in [4.78, 5) is 12.7. The van der Waals surface area contributed by atoms with Crippen molar-refractivity contribution in [3.8, 4) is 23.3 Å². The molecule has 1 aromatic heterocycles. The lowest BCUT2D eigenvalue weighted by Crippen LogP contribution is -2.24. The lowest BCUT2D eigenvalue weighted by molar-refractivity contribution is -0.117. The lowest BCUT2D eigenvalue weighted by Gasteiger charge is -2.11. The van der Waals surface area contributed by atoms with Crippen LogP contribution in [0.25, 0.3) is 11.8 Å². The number of methoxy groups -OCH3 is 2. The van der Waals surface area contributed by atoms with Crippen molar-refractivity contribution in [1.29, 1.82) is 5.26 Å². The van der Waals surface area contributed by atoms with Gasteiger partial charge in [0.05, 0.1) is 14.2 Å². The molecule has 1 N–H and O–H groups in total. The zero-order valence-electron chi connectivity index (χ0n) is 18.4. The summed E-state index contributed by atoms with van der Waals surface area (Å²) in [6.45, 7) is 4.14. The molecular formula is C25H24ClN3O3. The lowest BCUT2D eigenvalue weighted by atomic mass is 10.1. The zero-order valence-corrected chi connectivity index (χ0v) is 19.2. The van der Waals surface area contributed by atoms with E-state index < -0.39 is 5.91 Å². The highest BCUT2D eigenvalue weighted by Crippen LogP contribution is 2.25. The average Bonchev–Trinajstić information content (AvgIpc) is 3.08. The second kappa shape index (κ2) is 10.1. The van der Waals surface area contributed by atoms with Crippen LogP contribution in [-0.2, 0) is 11.3 Å². The Kier molecular flexibility index (Phi) is 7.24. The van der Waals surface area contributed by atoms with Gasteiger partial charge in [0.15, 0.2) is 0 Å². The molecule has 0 radical (unpaired) electrons. The van der Waals surface area contributed by atoms with Crippen molar-refractivity contribution in [3.05, 3.63) is 81.6 Å². The number of rotatable bonds is 7. The normalized spacial score (nSPS) is 11.1. The fraction of sp³-hybridized carbons (Fsp3) is 0.200. The maximum absolute atomic E-state index is 12.7. The molecule has 0 spiro atoms. The third-order valence-corrected chi connectivity index (χ3v) is 5.41. The molecule has 0 aliphatic carbocycles. The van der Waals surface area contributed by atoms with Gasteiger partial charge in [-0.05, 0) is 68.0 Å². The van der Waals surface area contributed by atoms with E-state index >= 15 is 0 Å². The minimum absolute atomic E-state index is 0.0221. The number of halogens is 1. The number of hydrogen-bond donors (Lipinski definition) is 1. The van der Waals surface area contributed by atoms with Crippen LogP contribution in [0.15, 0.2) is 54.1 Å². The van der Waals surface area contributed by atoms with Crippen LogP contribution in [0.3, 0.4) is 0 Å². The number of hydrogen-bond acceptors (Lipinski definition) is 4. The summed E-state index contributed by atoms with van der Waals surface area (Å²) < 4.78 is 12.6. The van der Waals surface area contributed by atoms with Crippen LogP contribution in [0.5, 0.6) is 11.5 Å². The van der Waals surface area contributed by atoms with E-state index in [4.69, 9.17) is 21.1 Å². The number of ether oxygens (including phenoxy) is 2. The van der Waals surface area contributed by atoms with Crippen LogP contribution in [0.2, 0.25) is 5.02 Å². The van der Waals surface area contributed by atoms with E-state index in [-0.39, 0.29) is 12.1 Å². The third-order valence-electron chi connectivity index (χ3n) is 5.15.